The van der Waals surface area contributed by atoms with Gasteiger partial charge in [-0.1, -0.05) is 54.6 Å². The molecule has 0 bridgehead atoms. The molecule has 0 amide bonds. The van der Waals surface area contributed by atoms with Crippen molar-refractivity contribution >= 4 is 27.9 Å². The minimum Gasteiger partial charge on any atom is -0.354 e. The molecule has 200 valence electrons. The van der Waals surface area contributed by atoms with Crippen LogP contribution in [0, 0.1) is 11.3 Å². The van der Waals surface area contributed by atoms with Crippen molar-refractivity contribution in [2.45, 2.75) is 6.54 Å². The van der Waals surface area contributed by atoms with Crippen LogP contribution >= 0.6 is 0 Å². The van der Waals surface area contributed by atoms with Crippen molar-refractivity contribution in [3.63, 3.8) is 0 Å². The number of nitriles is 1. The van der Waals surface area contributed by atoms with Gasteiger partial charge >= 0.3 is 0 Å². The molecule has 3 aromatic heterocycles. The molecule has 1 aliphatic rings. The Kier molecular flexibility index (Phi) is 6.30. The second-order valence-corrected chi connectivity index (χ2v) is 10.3. The fraction of sp³-hybridized carbons (Fsp3) is 0.188. The molecular formula is C32H27N9. The molecule has 9 nitrogen and oxygen atoms in total. The third-order valence-electron chi connectivity index (χ3n) is 7.63. The van der Waals surface area contributed by atoms with Crippen molar-refractivity contribution in [1.82, 2.24) is 34.4 Å². The maximum absolute atomic E-state index is 9.11. The van der Waals surface area contributed by atoms with Crippen molar-refractivity contribution < 1.29 is 0 Å². The van der Waals surface area contributed by atoms with Crippen LogP contribution in [0.4, 0.5) is 5.82 Å². The Bertz CT molecular complexity index is 1900. The average Bonchev–Trinajstić information content (AvgIpc) is 3.39. The molecule has 0 radical (unpaired) electrons. The van der Waals surface area contributed by atoms with Crippen LogP contribution < -0.4 is 4.90 Å². The molecule has 6 aromatic rings. The molecular weight excluding hydrogens is 510 g/mol. The first-order valence-electron chi connectivity index (χ1n) is 13.6. The van der Waals surface area contributed by atoms with E-state index >= 15 is 0 Å². The quantitative estimate of drug-likeness (QED) is 0.308. The van der Waals surface area contributed by atoms with Crippen molar-refractivity contribution in [3.05, 3.63) is 96.7 Å². The van der Waals surface area contributed by atoms with Crippen LogP contribution in [0.3, 0.4) is 0 Å². The van der Waals surface area contributed by atoms with Crippen LogP contribution in [0.1, 0.15) is 11.4 Å². The van der Waals surface area contributed by atoms with E-state index in [1.165, 1.54) is 5.56 Å². The van der Waals surface area contributed by atoms with Crippen molar-refractivity contribution in [2.24, 2.45) is 7.05 Å². The summed E-state index contributed by atoms with van der Waals surface area (Å²) in [6.07, 6.45) is 3.47. The topological polar surface area (TPSA) is 99.7 Å². The van der Waals surface area contributed by atoms with Crippen LogP contribution in [-0.4, -0.2) is 60.6 Å². The Labute approximate surface area is 237 Å². The van der Waals surface area contributed by atoms with Gasteiger partial charge in [-0.15, -0.1) is 0 Å². The Morgan fingerprint density at radius 3 is 2.20 bits per heavy atom. The zero-order chi connectivity index (χ0) is 27.8. The lowest BCUT2D eigenvalue weighted by atomic mass is 10.0. The van der Waals surface area contributed by atoms with Crippen LogP contribution in [0.15, 0.2) is 85.3 Å². The average molecular weight is 538 g/mol. The van der Waals surface area contributed by atoms with E-state index in [1.54, 1.807) is 6.20 Å². The van der Waals surface area contributed by atoms with E-state index in [2.05, 4.69) is 67.2 Å². The molecule has 0 unspecified atom stereocenters. The van der Waals surface area contributed by atoms with E-state index in [1.807, 2.05) is 54.3 Å². The summed E-state index contributed by atoms with van der Waals surface area (Å²) in [5.74, 6) is 1.03. The highest BCUT2D eigenvalue weighted by Gasteiger charge is 2.19. The number of fused-ring (bicyclic) bond motifs is 2. The number of piperazine rings is 1. The number of rotatable bonds is 5. The molecule has 0 atom stereocenters. The molecule has 7 rings (SSSR count). The van der Waals surface area contributed by atoms with E-state index in [0.717, 1.165) is 83.1 Å². The predicted octanol–water partition coefficient (Wildman–Crippen LogP) is 4.83. The lowest BCUT2D eigenvalue weighted by Crippen LogP contribution is -2.46. The number of nitrogens with zero attached hydrogens (tertiary/aromatic N) is 9. The summed E-state index contributed by atoms with van der Waals surface area (Å²) in [5.41, 5.74) is 8.68. The molecule has 0 saturated carbocycles. The summed E-state index contributed by atoms with van der Waals surface area (Å²) in [6.45, 7) is 4.43. The highest BCUT2D eigenvalue weighted by Crippen LogP contribution is 2.32. The van der Waals surface area contributed by atoms with E-state index < -0.39 is 0 Å². The first-order valence-corrected chi connectivity index (χ1v) is 13.6. The Hall–Kier alpha value is -5.20. The summed E-state index contributed by atoms with van der Waals surface area (Å²) in [7, 11) is 1.99. The zero-order valence-corrected chi connectivity index (χ0v) is 22.6. The van der Waals surface area contributed by atoms with Gasteiger partial charge in [-0.25, -0.2) is 24.9 Å². The first-order chi connectivity index (χ1) is 20.1. The normalized spacial score (nSPS) is 14.0. The predicted molar refractivity (Wildman–Crippen MR) is 159 cm³/mol. The van der Waals surface area contributed by atoms with Gasteiger partial charge in [0.2, 0.25) is 5.82 Å². The fourth-order valence-electron chi connectivity index (χ4n) is 5.42. The largest absolute Gasteiger partial charge is 0.354 e. The van der Waals surface area contributed by atoms with E-state index in [0.29, 0.717) is 0 Å². The van der Waals surface area contributed by atoms with Gasteiger partial charge in [-0.3, -0.25) is 4.90 Å². The van der Waals surface area contributed by atoms with E-state index in [4.69, 9.17) is 15.2 Å². The van der Waals surface area contributed by atoms with Gasteiger partial charge in [0.25, 0.3) is 0 Å². The molecule has 0 spiro atoms. The number of hydrogen-bond acceptors (Lipinski definition) is 8. The van der Waals surface area contributed by atoms with Gasteiger partial charge in [0.1, 0.15) is 11.9 Å². The minimum absolute atomic E-state index is 0.210. The monoisotopic (exact) mass is 537 g/mol. The summed E-state index contributed by atoms with van der Waals surface area (Å²) in [5, 5.41) is 9.11. The zero-order valence-electron chi connectivity index (χ0n) is 22.6. The lowest BCUT2D eigenvalue weighted by molar-refractivity contribution is 0.249. The van der Waals surface area contributed by atoms with Gasteiger partial charge in [0.15, 0.2) is 0 Å². The van der Waals surface area contributed by atoms with Gasteiger partial charge in [-0.2, -0.15) is 5.26 Å². The third kappa shape index (κ3) is 4.86. The fourth-order valence-corrected chi connectivity index (χ4v) is 5.42. The minimum atomic E-state index is 0.210. The molecule has 1 fully saturated rings. The maximum Gasteiger partial charge on any atom is 0.234 e. The Morgan fingerprint density at radius 2 is 1.46 bits per heavy atom. The van der Waals surface area contributed by atoms with Crippen LogP contribution in [0.5, 0.6) is 0 Å². The first kappa shape index (κ1) is 24.8. The summed E-state index contributed by atoms with van der Waals surface area (Å²) in [6, 6.07) is 26.9. The number of hydrogen-bond donors (Lipinski definition) is 0. The maximum atomic E-state index is 9.11. The highest BCUT2D eigenvalue weighted by atomic mass is 15.3. The molecule has 41 heavy (non-hydrogen) atoms. The number of benzene rings is 3. The van der Waals surface area contributed by atoms with Crippen LogP contribution in [0.25, 0.3) is 44.6 Å². The van der Waals surface area contributed by atoms with E-state index in [-0.39, 0.29) is 5.82 Å². The third-order valence-corrected chi connectivity index (χ3v) is 7.63. The van der Waals surface area contributed by atoms with Gasteiger partial charge in [0.05, 0.1) is 39.8 Å². The van der Waals surface area contributed by atoms with Crippen molar-refractivity contribution in [2.75, 3.05) is 31.1 Å². The van der Waals surface area contributed by atoms with E-state index in [9.17, 15) is 0 Å². The van der Waals surface area contributed by atoms with Gasteiger partial charge < -0.3 is 9.47 Å². The van der Waals surface area contributed by atoms with Crippen LogP contribution in [-0.2, 0) is 13.6 Å². The Morgan fingerprint density at radius 1 is 0.756 bits per heavy atom. The molecule has 9 heteroatoms. The number of anilines is 1. The SMILES string of the molecule is Cn1cnc2cc3nc(-c4ccccc4)c(-c4ccc(CN5CCN(c6ccnc(C#N)n6)CC5)cc4)nc3cc21. The van der Waals surface area contributed by atoms with Crippen LogP contribution in [0.2, 0.25) is 0 Å². The lowest BCUT2D eigenvalue weighted by Gasteiger charge is -2.35. The van der Waals surface area contributed by atoms with Crippen molar-refractivity contribution in [3.8, 4) is 28.6 Å². The molecule has 1 aliphatic heterocycles. The second kappa shape index (κ2) is 10.4. The summed E-state index contributed by atoms with van der Waals surface area (Å²) < 4.78 is 2.01. The molecule has 0 aliphatic carbocycles. The number of aryl methyl sites for hydroxylation is 1. The number of aromatic nitrogens is 6. The molecule has 3 aromatic carbocycles. The second-order valence-electron chi connectivity index (χ2n) is 10.3. The van der Waals surface area contributed by atoms with Crippen molar-refractivity contribution in [1.29, 1.82) is 5.26 Å². The summed E-state index contributed by atoms with van der Waals surface area (Å²) >= 11 is 0. The smallest absolute Gasteiger partial charge is 0.234 e. The highest BCUT2D eigenvalue weighted by molar-refractivity contribution is 5.94. The van der Waals surface area contributed by atoms with Gasteiger partial charge in [0, 0.05) is 57.1 Å². The molecule has 4 heterocycles. The Balaban J connectivity index is 1.14. The number of imidazole rings is 1. The molecule has 1 saturated heterocycles. The molecule has 0 N–H and O–H groups in total. The summed E-state index contributed by atoms with van der Waals surface area (Å²) in [4.78, 5) is 27.7. The van der Waals surface area contributed by atoms with Gasteiger partial charge in [-0.05, 0) is 23.8 Å². The standard InChI is InChI=1S/C32H27N9/c1-39-21-35-27-17-25-26(18-28(27)39)37-32(31(36-25)23-5-3-2-4-6-23)24-9-7-22(8-10-24)20-40-13-15-41(16-14-40)30-11-12-34-29(19-33)38-30/h2-12,17-18,21H,13-16,20H2,1H3.